The van der Waals surface area contributed by atoms with Crippen molar-refractivity contribution in [3.63, 3.8) is 0 Å². The second-order valence-electron chi connectivity index (χ2n) is 7.20. The zero-order chi connectivity index (χ0) is 18.1. The lowest BCUT2D eigenvalue weighted by atomic mass is 9.92. The number of aromatic nitrogens is 3. The van der Waals surface area contributed by atoms with Gasteiger partial charge in [-0.2, -0.15) is 0 Å². The normalized spacial score (nSPS) is 24.1. The van der Waals surface area contributed by atoms with E-state index < -0.39 is 0 Å². The number of rotatable bonds is 4. The van der Waals surface area contributed by atoms with E-state index in [2.05, 4.69) is 40.0 Å². The Kier molecular flexibility index (Phi) is 4.63. The minimum Gasteiger partial charge on any atom is -0.381 e. The van der Waals surface area contributed by atoms with Gasteiger partial charge in [0.25, 0.3) is 0 Å². The molecule has 4 heterocycles. The largest absolute Gasteiger partial charge is 0.381 e. The van der Waals surface area contributed by atoms with Crippen molar-refractivity contribution in [2.24, 2.45) is 0 Å². The Morgan fingerprint density at radius 1 is 1.42 bits per heavy atom. The summed E-state index contributed by atoms with van der Waals surface area (Å²) in [6.07, 6.45) is 7.96. The van der Waals surface area contributed by atoms with Crippen molar-refractivity contribution in [3.05, 3.63) is 30.7 Å². The van der Waals surface area contributed by atoms with Crippen molar-refractivity contribution < 1.29 is 9.53 Å². The van der Waals surface area contributed by atoms with Crippen molar-refractivity contribution in [3.8, 4) is 0 Å². The molecule has 7 nitrogen and oxygen atoms in total. The first-order valence-corrected chi connectivity index (χ1v) is 9.26. The molecule has 2 aromatic rings. The molecule has 2 aromatic heterocycles. The van der Waals surface area contributed by atoms with Crippen LogP contribution < -0.4 is 5.32 Å². The molecule has 0 saturated carbocycles. The molecule has 2 aliphatic rings. The average molecular weight is 355 g/mol. The fourth-order valence-corrected chi connectivity index (χ4v) is 4.18. The predicted octanol–water partition coefficient (Wildman–Crippen LogP) is 2.44. The van der Waals surface area contributed by atoms with Crippen LogP contribution in [-0.2, 0) is 9.53 Å². The second-order valence-corrected chi connectivity index (χ2v) is 7.20. The fourth-order valence-electron chi connectivity index (χ4n) is 4.18. The van der Waals surface area contributed by atoms with Gasteiger partial charge in [-0.05, 0) is 43.7 Å². The molecule has 138 valence electrons. The van der Waals surface area contributed by atoms with E-state index >= 15 is 0 Å². The van der Waals surface area contributed by atoms with Crippen molar-refractivity contribution in [1.29, 1.82) is 0 Å². The number of nitrogens with zero attached hydrogens (tertiary/aromatic N) is 3. The summed E-state index contributed by atoms with van der Waals surface area (Å²) < 4.78 is 5.50. The molecule has 0 aromatic carbocycles. The van der Waals surface area contributed by atoms with Gasteiger partial charge in [0.05, 0.1) is 5.39 Å². The zero-order valence-electron chi connectivity index (χ0n) is 15.1. The van der Waals surface area contributed by atoms with E-state index in [4.69, 9.17) is 4.74 Å². The van der Waals surface area contributed by atoms with E-state index in [-0.39, 0.29) is 18.0 Å². The summed E-state index contributed by atoms with van der Waals surface area (Å²) >= 11 is 0. The quantitative estimate of drug-likeness (QED) is 0.823. The molecular formula is C19H25N5O2. The number of likely N-dealkylation sites (tertiary alicyclic amines) is 1. The van der Waals surface area contributed by atoms with Crippen LogP contribution in [0.15, 0.2) is 25.2 Å². The van der Waals surface area contributed by atoms with Gasteiger partial charge in [-0.3, -0.25) is 4.79 Å². The molecule has 0 bridgehead atoms. The van der Waals surface area contributed by atoms with Crippen LogP contribution in [0.1, 0.15) is 37.7 Å². The number of amides is 1. The lowest BCUT2D eigenvalue weighted by Gasteiger charge is -2.22. The molecule has 2 fully saturated rings. The summed E-state index contributed by atoms with van der Waals surface area (Å²) in [5, 5.41) is 4.63. The minimum absolute atomic E-state index is 0.0147. The van der Waals surface area contributed by atoms with Gasteiger partial charge < -0.3 is 19.9 Å². The van der Waals surface area contributed by atoms with Gasteiger partial charge in [-0.1, -0.05) is 6.58 Å². The first kappa shape index (κ1) is 17.0. The van der Waals surface area contributed by atoms with Crippen LogP contribution in [0.2, 0.25) is 0 Å². The maximum Gasteiger partial charge on any atom is 0.246 e. The summed E-state index contributed by atoms with van der Waals surface area (Å²) in [7, 11) is 0. The lowest BCUT2D eigenvalue weighted by molar-refractivity contribution is -0.126. The first-order chi connectivity index (χ1) is 12.7. The molecule has 0 spiro atoms. The minimum atomic E-state index is -0.0147. The van der Waals surface area contributed by atoms with Gasteiger partial charge in [0.15, 0.2) is 0 Å². The monoisotopic (exact) mass is 355 g/mol. The lowest BCUT2D eigenvalue weighted by Crippen LogP contribution is -2.33. The van der Waals surface area contributed by atoms with Gasteiger partial charge in [-0.25, -0.2) is 9.97 Å². The van der Waals surface area contributed by atoms with Crippen LogP contribution in [-0.4, -0.2) is 57.6 Å². The van der Waals surface area contributed by atoms with E-state index in [1.54, 1.807) is 6.33 Å². The van der Waals surface area contributed by atoms with Gasteiger partial charge in [0.1, 0.15) is 17.8 Å². The summed E-state index contributed by atoms with van der Waals surface area (Å²) in [5.74, 6) is 1.30. The molecule has 1 amide bonds. The number of carbonyl (C=O) groups excluding carboxylic acids is 1. The second kappa shape index (κ2) is 7.07. The Morgan fingerprint density at radius 3 is 3.00 bits per heavy atom. The number of aromatic amines is 1. The standard InChI is InChI=1S/C19H25N5O2/c1-3-16(25)24-10-14(8-12(24)2)23-19-17-15(13-4-6-26-7-5-13)9-20-18(17)21-11-22-19/h3,9,11-14H,1,4-8,10H2,2H3,(H2,20,21,22,23)/t12-,14-/m1/s1. The number of carbonyl (C=O) groups is 1. The van der Waals surface area contributed by atoms with Crippen LogP contribution in [0.25, 0.3) is 11.0 Å². The van der Waals surface area contributed by atoms with Gasteiger partial charge in [0, 0.05) is 38.0 Å². The van der Waals surface area contributed by atoms with Crippen LogP contribution in [0.5, 0.6) is 0 Å². The number of H-pyrrole nitrogens is 1. The maximum atomic E-state index is 12.0. The van der Waals surface area contributed by atoms with Crippen molar-refractivity contribution >= 4 is 22.8 Å². The first-order valence-electron chi connectivity index (χ1n) is 9.26. The topological polar surface area (TPSA) is 83.1 Å². The van der Waals surface area contributed by atoms with E-state index in [1.807, 2.05) is 4.90 Å². The van der Waals surface area contributed by atoms with Crippen LogP contribution >= 0.6 is 0 Å². The Balaban J connectivity index is 1.60. The van der Waals surface area contributed by atoms with Crippen LogP contribution in [0, 0.1) is 0 Å². The van der Waals surface area contributed by atoms with Crippen LogP contribution in [0.3, 0.4) is 0 Å². The van der Waals surface area contributed by atoms with Crippen molar-refractivity contribution in [2.45, 2.75) is 44.2 Å². The highest BCUT2D eigenvalue weighted by atomic mass is 16.5. The molecule has 2 aliphatic heterocycles. The third-order valence-electron chi connectivity index (χ3n) is 5.53. The maximum absolute atomic E-state index is 12.0. The number of hydrogen-bond acceptors (Lipinski definition) is 5. The number of fused-ring (bicyclic) bond motifs is 1. The molecule has 4 rings (SSSR count). The van der Waals surface area contributed by atoms with E-state index in [0.717, 1.165) is 49.3 Å². The molecule has 2 atom stereocenters. The van der Waals surface area contributed by atoms with Gasteiger partial charge in [-0.15, -0.1) is 0 Å². The number of hydrogen-bond donors (Lipinski definition) is 2. The Hall–Kier alpha value is -2.41. The zero-order valence-corrected chi connectivity index (χ0v) is 15.1. The molecule has 0 radical (unpaired) electrons. The summed E-state index contributed by atoms with van der Waals surface area (Å²) in [4.78, 5) is 26.0. The molecule has 0 aliphatic carbocycles. The molecular weight excluding hydrogens is 330 g/mol. The number of ether oxygens (including phenoxy) is 1. The fraction of sp³-hybridized carbons (Fsp3) is 0.526. The summed E-state index contributed by atoms with van der Waals surface area (Å²) in [5.41, 5.74) is 2.12. The average Bonchev–Trinajstić information content (AvgIpc) is 3.26. The Morgan fingerprint density at radius 2 is 2.23 bits per heavy atom. The molecule has 2 saturated heterocycles. The SMILES string of the molecule is C=CC(=O)N1C[C@H](Nc2ncnc3[nH]cc(C4CCOCC4)c23)C[C@H]1C. The van der Waals surface area contributed by atoms with E-state index in [9.17, 15) is 4.79 Å². The van der Waals surface area contributed by atoms with Gasteiger partial charge >= 0.3 is 0 Å². The Labute approximate surface area is 152 Å². The van der Waals surface area contributed by atoms with Gasteiger partial charge in [0.2, 0.25) is 5.91 Å². The Bertz CT molecular complexity index is 811. The number of nitrogens with one attached hydrogen (secondary N) is 2. The molecule has 0 unspecified atom stereocenters. The van der Waals surface area contributed by atoms with Crippen molar-refractivity contribution in [1.82, 2.24) is 19.9 Å². The van der Waals surface area contributed by atoms with E-state index in [0.29, 0.717) is 12.5 Å². The third kappa shape index (κ3) is 3.07. The third-order valence-corrected chi connectivity index (χ3v) is 5.53. The van der Waals surface area contributed by atoms with E-state index in [1.165, 1.54) is 11.6 Å². The highest BCUT2D eigenvalue weighted by Crippen LogP contribution is 2.35. The van der Waals surface area contributed by atoms with Crippen molar-refractivity contribution in [2.75, 3.05) is 25.1 Å². The molecule has 2 N–H and O–H groups in total. The van der Waals surface area contributed by atoms with Crippen LogP contribution in [0.4, 0.5) is 5.82 Å². The summed E-state index contributed by atoms with van der Waals surface area (Å²) in [6, 6.07) is 0.362. The molecule has 7 heteroatoms. The molecule has 26 heavy (non-hydrogen) atoms. The highest BCUT2D eigenvalue weighted by molar-refractivity contribution is 5.91. The predicted molar refractivity (Wildman–Crippen MR) is 100 cm³/mol. The summed E-state index contributed by atoms with van der Waals surface area (Å²) in [6.45, 7) is 7.93. The smallest absolute Gasteiger partial charge is 0.246 e. The highest BCUT2D eigenvalue weighted by Gasteiger charge is 2.32. The number of anilines is 1.